The van der Waals surface area contributed by atoms with Gasteiger partial charge in [0.1, 0.15) is 5.75 Å². The number of benzene rings is 1. The summed E-state index contributed by atoms with van der Waals surface area (Å²) in [5, 5.41) is 0. The Hall–Kier alpha value is -1.49. The van der Waals surface area contributed by atoms with Crippen LogP contribution in [0.2, 0.25) is 0 Å². The van der Waals surface area contributed by atoms with E-state index in [1.807, 2.05) is 0 Å². The molecule has 21 heavy (non-hydrogen) atoms. The predicted octanol–water partition coefficient (Wildman–Crippen LogP) is 2.81. The van der Waals surface area contributed by atoms with Crippen LogP contribution in [0.1, 0.15) is 30.1 Å². The minimum Gasteiger partial charge on any atom is -0.426 e. The molecule has 1 aromatic rings. The molecule has 1 aliphatic rings. The van der Waals surface area contributed by atoms with Crippen LogP contribution in [-0.4, -0.2) is 31.1 Å². The van der Waals surface area contributed by atoms with Crippen LogP contribution < -0.4 is 4.74 Å². The van der Waals surface area contributed by atoms with Gasteiger partial charge >= 0.3 is 13.6 Å². The zero-order chi connectivity index (χ0) is 15.5. The Bertz CT molecular complexity index is 597. The third kappa shape index (κ3) is 4.49. The van der Waals surface area contributed by atoms with Crippen molar-refractivity contribution in [2.75, 3.05) is 13.3 Å². The number of hydrogen-bond acceptors (Lipinski definition) is 6. The molecule has 2 atom stereocenters. The predicted molar refractivity (Wildman–Crippen MR) is 75.7 cm³/mol. The van der Waals surface area contributed by atoms with Crippen molar-refractivity contribution in [2.24, 2.45) is 0 Å². The van der Waals surface area contributed by atoms with E-state index in [0.717, 1.165) is 0 Å². The fourth-order valence-corrected chi connectivity index (χ4v) is 3.26. The smallest absolute Gasteiger partial charge is 0.328 e. The normalized spacial score (nSPS) is 24.8. The van der Waals surface area contributed by atoms with Crippen LogP contribution in [-0.2, 0) is 18.4 Å². The molecule has 2 rings (SSSR count). The Labute approximate surface area is 122 Å². The Morgan fingerprint density at radius 2 is 2.10 bits per heavy atom. The lowest BCUT2D eigenvalue weighted by Crippen LogP contribution is -2.13. The molecule has 1 aromatic carbocycles. The second-order valence-electron chi connectivity index (χ2n) is 4.85. The maximum atomic E-state index is 12.2. The quantitative estimate of drug-likeness (QED) is 0.360. The molecule has 0 bridgehead atoms. The highest BCUT2D eigenvalue weighted by molar-refractivity contribution is 7.53. The second-order valence-corrected chi connectivity index (χ2v) is 6.86. The standard InChI is InChI=1S/C14H17O6P/c1-10(15)19-14-6-4-3-5-12(14)13(16)8-7-11-9-18-21(2,17)20-11/h3-6,11H,7-9H2,1-2H3. The number of hydrogen-bond donors (Lipinski definition) is 0. The number of Topliss-reactive ketones (excluding diaryl/α,β-unsaturated/α-hetero) is 1. The molecule has 0 aromatic heterocycles. The van der Waals surface area contributed by atoms with E-state index < -0.39 is 13.6 Å². The van der Waals surface area contributed by atoms with Gasteiger partial charge in [-0.15, -0.1) is 0 Å². The minimum absolute atomic E-state index is 0.159. The molecule has 2 unspecified atom stereocenters. The largest absolute Gasteiger partial charge is 0.426 e. The van der Waals surface area contributed by atoms with Gasteiger partial charge in [-0.2, -0.15) is 0 Å². The Kier molecular flexibility index (Phi) is 4.93. The number of rotatable bonds is 5. The maximum Gasteiger partial charge on any atom is 0.328 e. The summed E-state index contributed by atoms with van der Waals surface area (Å²) >= 11 is 0. The molecule has 0 spiro atoms. The van der Waals surface area contributed by atoms with Crippen molar-refractivity contribution in [3.8, 4) is 5.75 Å². The molecule has 0 radical (unpaired) electrons. The SMILES string of the molecule is CC(=O)Oc1ccccc1C(=O)CCC1COP(C)(=O)O1. The summed E-state index contributed by atoms with van der Waals surface area (Å²) in [6.07, 6.45) is 0.267. The summed E-state index contributed by atoms with van der Waals surface area (Å²) < 4.78 is 26.8. The summed E-state index contributed by atoms with van der Waals surface area (Å²) in [6.45, 7) is 2.92. The van der Waals surface area contributed by atoms with Crippen LogP contribution in [0.5, 0.6) is 5.75 Å². The molecule has 0 amide bonds. The number of para-hydroxylation sites is 1. The fourth-order valence-electron chi connectivity index (χ4n) is 2.05. The molecule has 7 heteroatoms. The van der Waals surface area contributed by atoms with E-state index in [1.54, 1.807) is 24.3 Å². The van der Waals surface area contributed by atoms with Gasteiger partial charge in [-0.05, 0) is 18.6 Å². The van der Waals surface area contributed by atoms with Crippen LogP contribution in [0.4, 0.5) is 0 Å². The molecule has 1 fully saturated rings. The first-order valence-electron chi connectivity index (χ1n) is 6.58. The van der Waals surface area contributed by atoms with Gasteiger partial charge in [-0.3, -0.25) is 14.2 Å². The molecule has 6 nitrogen and oxygen atoms in total. The first kappa shape index (κ1) is 15.9. The van der Waals surface area contributed by atoms with E-state index in [4.69, 9.17) is 13.8 Å². The van der Waals surface area contributed by atoms with Crippen LogP contribution >= 0.6 is 7.60 Å². The zero-order valence-electron chi connectivity index (χ0n) is 11.9. The number of carbonyl (C=O) groups is 2. The van der Waals surface area contributed by atoms with Crippen molar-refractivity contribution in [3.05, 3.63) is 29.8 Å². The third-order valence-corrected chi connectivity index (χ3v) is 4.27. The van der Waals surface area contributed by atoms with Gasteiger partial charge in [0.25, 0.3) is 0 Å². The van der Waals surface area contributed by atoms with Crippen molar-refractivity contribution in [1.29, 1.82) is 0 Å². The Morgan fingerprint density at radius 3 is 2.71 bits per heavy atom. The van der Waals surface area contributed by atoms with E-state index in [9.17, 15) is 14.2 Å². The monoisotopic (exact) mass is 312 g/mol. The average Bonchev–Trinajstić information content (AvgIpc) is 2.75. The summed E-state index contributed by atoms with van der Waals surface area (Å²) in [5.41, 5.74) is 0.353. The molecule has 1 saturated heterocycles. The third-order valence-electron chi connectivity index (χ3n) is 2.97. The zero-order valence-corrected chi connectivity index (χ0v) is 12.8. The van der Waals surface area contributed by atoms with Crippen molar-refractivity contribution < 1.29 is 27.9 Å². The molecule has 0 aliphatic carbocycles. The summed E-state index contributed by atoms with van der Waals surface area (Å²) in [4.78, 5) is 23.2. The second kappa shape index (κ2) is 6.52. The Morgan fingerprint density at radius 1 is 1.38 bits per heavy atom. The van der Waals surface area contributed by atoms with Gasteiger partial charge in [0.2, 0.25) is 0 Å². The lowest BCUT2D eigenvalue weighted by Gasteiger charge is -2.10. The van der Waals surface area contributed by atoms with Crippen LogP contribution in [0.3, 0.4) is 0 Å². The molecule has 114 valence electrons. The van der Waals surface area contributed by atoms with E-state index in [0.29, 0.717) is 12.0 Å². The minimum atomic E-state index is -2.94. The number of ketones is 1. The van der Waals surface area contributed by atoms with Gasteiger partial charge in [0, 0.05) is 20.0 Å². The highest BCUT2D eigenvalue weighted by atomic mass is 31.2. The first-order valence-corrected chi connectivity index (χ1v) is 8.57. The van der Waals surface area contributed by atoms with E-state index in [-0.39, 0.29) is 30.7 Å². The Balaban J connectivity index is 1.98. The highest BCUT2D eigenvalue weighted by Gasteiger charge is 2.32. The van der Waals surface area contributed by atoms with Gasteiger partial charge in [0.05, 0.1) is 18.3 Å². The van der Waals surface area contributed by atoms with Crippen molar-refractivity contribution >= 4 is 19.3 Å². The van der Waals surface area contributed by atoms with E-state index >= 15 is 0 Å². The lowest BCUT2D eigenvalue weighted by atomic mass is 10.0. The topological polar surface area (TPSA) is 78.9 Å². The van der Waals surface area contributed by atoms with Crippen molar-refractivity contribution in [2.45, 2.75) is 25.9 Å². The molecular weight excluding hydrogens is 295 g/mol. The van der Waals surface area contributed by atoms with Gasteiger partial charge in [-0.25, -0.2) is 0 Å². The van der Waals surface area contributed by atoms with Gasteiger partial charge in [0.15, 0.2) is 5.78 Å². The van der Waals surface area contributed by atoms with Crippen LogP contribution in [0, 0.1) is 0 Å². The van der Waals surface area contributed by atoms with Gasteiger partial charge in [-0.1, -0.05) is 12.1 Å². The average molecular weight is 312 g/mol. The molecule has 0 saturated carbocycles. The number of carbonyl (C=O) groups excluding carboxylic acids is 2. The molecular formula is C14H17O6P. The fraction of sp³-hybridized carbons (Fsp3) is 0.429. The van der Waals surface area contributed by atoms with Crippen molar-refractivity contribution in [3.63, 3.8) is 0 Å². The van der Waals surface area contributed by atoms with Crippen LogP contribution in [0.15, 0.2) is 24.3 Å². The maximum absolute atomic E-state index is 12.2. The summed E-state index contributed by atoms with van der Waals surface area (Å²) in [5.74, 6) is -0.386. The van der Waals surface area contributed by atoms with E-state index in [1.165, 1.54) is 13.6 Å². The molecule has 1 aliphatic heterocycles. The summed E-state index contributed by atoms with van der Waals surface area (Å²) in [7, 11) is -2.94. The molecule has 0 N–H and O–H groups in total. The summed E-state index contributed by atoms with van der Waals surface area (Å²) in [6, 6.07) is 6.58. The lowest BCUT2D eigenvalue weighted by molar-refractivity contribution is -0.131. The van der Waals surface area contributed by atoms with Crippen molar-refractivity contribution in [1.82, 2.24) is 0 Å². The van der Waals surface area contributed by atoms with Gasteiger partial charge < -0.3 is 13.8 Å². The molecule has 1 heterocycles. The highest BCUT2D eigenvalue weighted by Crippen LogP contribution is 2.50. The van der Waals surface area contributed by atoms with Crippen LogP contribution in [0.25, 0.3) is 0 Å². The number of ether oxygens (including phenoxy) is 1. The first-order chi connectivity index (χ1) is 9.87. The van der Waals surface area contributed by atoms with E-state index in [2.05, 4.69) is 0 Å². The number of esters is 1.